The van der Waals surface area contributed by atoms with Crippen molar-refractivity contribution in [3.8, 4) is 0 Å². The fourth-order valence-corrected chi connectivity index (χ4v) is 2.65. The summed E-state index contributed by atoms with van der Waals surface area (Å²) in [5.41, 5.74) is 1.08. The first-order chi connectivity index (χ1) is 9.85. The lowest BCUT2D eigenvalue weighted by atomic mass is 10.3. The molecule has 0 saturated carbocycles. The van der Waals surface area contributed by atoms with Gasteiger partial charge >= 0.3 is 0 Å². The van der Waals surface area contributed by atoms with E-state index >= 15 is 0 Å². The third kappa shape index (κ3) is 2.99. The highest BCUT2D eigenvalue weighted by molar-refractivity contribution is 5.93. The molecule has 3 heterocycles. The van der Waals surface area contributed by atoms with Crippen LogP contribution in [0.3, 0.4) is 0 Å². The number of likely N-dealkylation sites (N-methyl/N-ethyl adjacent to an activating group) is 1. The van der Waals surface area contributed by atoms with Crippen LogP contribution in [0.25, 0.3) is 0 Å². The van der Waals surface area contributed by atoms with E-state index in [2.05, 4.69) is 37.4 Å². The van der Waals surface area contributed by atoms with Gasteiger partial charge in [0, 0.05) is 31.5 Å². The molecule has 0 aromatic carbocycles. The summed E-state index contributed by atoms with van der Waals surface area (Å²) in [6.07, 6.45) is 7.27. The van der Waals surface area contributed by atoms with Crippen LogP contribution in [0.1, 0.15) is 12.1 Å². The van der Waals surface area contributed by atoms with Gasteiger partial charge in [0.25, 0.3) is 0 Å². The van der Waals surface area contributed by atoms with Crippen LogP contribution in [0.4, 0.5) is 0 Å². The van der Waals surface area contributed by atoms with Crippen molar-refractivity contribution in [3.05, 3.63) is 42.4 Å². The second-order valence-corrected chi connectivity index (χ2v) is 5.26. The summed E-state index contributed by atoms with van der Waals surface area (Å²) in [4.78, 5) is 13.6. The molecule has 1 aromatic heterocycles. The Balaban J connectivity index is 1.55. The van der Waals surface area contributed by atoms with Crippen molar-refractivity contribution in [1.82, 2.24) is 20.1 Å². The molecule has 1 N–H and O–H groups in total. The topological polar surface area (TPSA) is 43.8 Å². The van der Waals surface area contributed by atoms with Crippen LogP contribution in [0.2, 0.25) is 0 Å². The molecule has 3 rings (SSSR count). The summed E-state index contributed by atoms with van der Waals surface area (Å²) < 4.78 is 0. The van der Waals surface area contributed by atoms with E-state index in [1.54, 1.807) is 0 Å². The Bertz CT molecular complexity index is 496. The molecule has 0 aliphatic carbocycles. The molecule has 0 radical (unpaired) electrons. The molecule has 2 aliphatic rings. The summed E-state index contributed by atoms with van der Waals surface area (Å²) in [5, 5.41) is 3.33. The average Bonchev–Trinajstić information content (AvgIpc) is 2.98. The van der Waals surface area contributed by atoms with Gasteiger partial charge in [-0.2, -0.15) is 0 Å². The third-order valence-corrected chi connectivity index (χ3v) is 3.86. The van der Waals surface area contributed by atoms with Crippen molar-refractivity contribution in [1.29, 1.82) is 0 Å². The van der Waals surface area contributed by atoms with E-state index in [1.165, 1.54) is 6.42 Å². The van der Waals surface area contributed by atoms with Gasteiger partial charge in [0.15, 0.2) is 0 Å². The first-order valence-corrected chi connectivity index (χ1v) is 7.14. The molecule has 1 fully saturated rings. The largest absolute Gasteiger partial charge is 0.355 e. The van der Waals surface area contributed by atoms with E-state index in [0.717, 1.165) is 31.2 Å². The van der Waals surface area contributed by atoms with E-state index in [1.807, 2.05) is 31.4 Å². The summed E-state index contributed by atoms with van der Waals surface area (Å²) >= 11 is 0. The molecular formula is C15H21N5. The van der Waals surface area contributed by atoms with Crippen LogP contribution >= 0.6 is 0 Å². The van der Waals surface area contributed by atoms with E-state index < -0.39 is 0 Å². The maximum atomic E-state index is 4.68. The quantitative estimate of drug-likeness (QED) is 0.893. The summed E-state index contributed by atoms with van der Waals surface area (Å²) in [7, 11) is 2.03. The molecule has 1 aromatic rings. The normalized spacial score (nSPS) is 22.2. The molecule has 1 atom stereocenters. The predicted octanol–water partition coefficient (Wildman–Crippen LogP) is 1.06. The maximum Gasteiger partial charge on any atom is 0.127 e. The molecule has 0 bridgehead atoms. The van der Waals surface area contributed by atoms with Crippen LogP contribution in [-0.2, 0) is 6.54 Å². The Hall–Kier alpha value is -1.88. The average molecular weight is 271 g/mol. The Morgan fingerprint density at radius 2 is 2.35 bits per heavy atom. The van der Waals surface area contributed by atoms with Gasteiger partial charge in [0.05, 0.1) is 12.2 Å². The molecule has 0 amide bonds. The zero-order valence-electron chi connectivity index (χ0n) is 11.9. The van der Waals surface area contributed by atoms with Gasteiger partial charge in [-0.3, -0.25) is 4.98 Å². The van der Waals surface area contributed by atoms with Crippen LogP contribution in [0.5, 0.6) is 0 Å². The van der Waals surface area contributed by atoms with Crippen molar-refractivity contribution in [2.24, 2.45) is 4.99 Å². The maximum absolute atomic E-state index is 4.68. The number of amidine groups is 1. The van der Waals surface area contributed by atoms with Gasteiger partial charge in [-0.05, 0) is 31.7 Å². The second-order valence-electron chi connectivity index (χ2n) is 5.26. The molecule has 106 valence electrons. The van der Waals surface area contributed by atoms with Gasteiger partial charge in [-0.25, -0.2) is 4.99 Å². The van der Waals surface area contributed by atoms with Crippen molar-refractivity contribution in [2.45, 2.75) is 19.0 Å². The summed E-state index contributed by atoms with van der Waals surface area (Å²) in [5.74, 6) is 1.11. The minimum Gasteiger partial charge on any atom is -0.355 e. The Morgan fingerprint density at radius 3 is 3.00 bits per heavy atom. The van der Waals surface area contributed by atoms with Crippen molar-refractivity contribution in [2.75, 3.05) is 26.8 Å². The molecule has 5 nitrogen and oxygen atoms in total. The van der Waals surface area contributed by atoms with Crippen LogP contribution < -0.4 is 5.32 Å². The number of rotatable bonds is 3. The lowest BCUT2D eigenvalue weighted by molar-refractivity contribution is 0.365. The van der Waals surface area contributed by atoms with Gasteiger partial charge in [-0.1, -0.05) is 6.07 Å². The van der Waals surface area contributed by atoms with Crippen molar-refractivity contribution in [3.63, 3.8) is 0 Å². The lowest BCUT2D eigenvalue weighted by Crippen LogP contribution is -2.35. The van der Waals surface area contributed by atoms with Crippen LogP contribution in [-0.4, -0.2) is 53.5 Å². The molecule has 1 saturated heterocycles. The Labute approximate surface area is 120 Å². The fourth-order valence-electron chi connectivity index (χ4n) is 2.65. The molecule has 2 aliphatic heterocycles. The summed E-state index contributed by atoms with van der Waals surface area (Å²) in [6.45, 7) is 3.67. The van der Waals surface area contributed by atoms with Crippen molar-refractivity contribution < 1.29 is 0 Å². The van der Waals surface area contributed by atoms with E-state index in [4.69, 9.17) is 0 Å². The second kappa shape index (κ2) is 6.05. The van der Waals surface area contributed by atoms with Crippen LogP contribution in [0.15, 0.2) is 41.7 Å². The van der Waals surface area contributed by atoms with Gasteiger partial charge in [-0.15, -0.1) is 0 Å². The predicted molar refractivity (Wildman–Crippen MR) is 80.3 cm³/mol. The molecular weight excluding hydrogens is 250 g/mol. The molecule has 5 heteroatoms. The van der Waals surface area contributed by atoms with Gasteiger partial charge in [0.2, 0.25) is 0 Å². The monoisotopic (exact) mass is 271 g/mol. The standard InChI is InChI=1S/C15H21N5/c1-16-13-5-9-20(11-13)15-6-8-19(12-18-15)10-14-4-2-3-7-17-14/h2-4,6-8,13,16H,5,9-12H2,1H3/t13-/m0/s1. The molecule has 0 unspecified atom stereocenters. The van der Waals surface area contributed by atoms with E-state index in [9.17, 15) is 0 Å². The minimum absolute atomic E-state index is 0.595. The number of pyridine rings is 1. The number of aromatic nitrogens is 1. The number of likely N-dealkylation sites (tertiary alicyclic amines) is 1. The highest BCUT2D eigenvalue weighted by Gasteiger charge is 2.23. The molecule has 20 heavy (non-hydrogen) atoms. The summed E-state index contributed by atoms with van der Waals surface area (Å²) in [6, 6.07) is 6.60. The number of hydrogen-bond acceptors (Lipinski definition) is 5. The van der Waals surface area contributed by atoms with Gasteiger partial charge in [0.1, 0.15) is 12.5 Å². The smallest absolute Gasteiger partial charge is 0.127 e. The first-order valence-electron chi connectivity index (χ1n) is 7.14. The van der Waals surface area contributed by atoms with Crippen molar-refractivity contribution >= 4 is 5.84 Å². The number of aliphatic imine (C=N–C) groups is 1. The fraction of sp³-hybridized carbons (Fsp3) is 0.467. The van der Waals surface area contributed by atoms with E-state index in [0.29, 0.717) is 12.7 Å². The van der Waals surface area contributed by atoms with Crippen LogP contribution in [0, 0.1) is 0 Å². The highest BCUT2D eigenvalue weighted by Crippen LogP contribution is 2.13. The third-order valence-electron chi connectivity index (χ3n) is 3.86. The minimum atomic E-state index is 0.595. The SMILES string of the molecule is CN[C@H]1CCN(C2=NCN(Cc3ccccn3)C=C2)C1. The zero-order chi connectivity index (χ0) is 13.8. The highest BCUT2D eigenvalue weighted by atomic mass is 15.3. The first kappa shape index (κ1) is 13.1. The number of hydrogen-bond donors (Lipinski definition) is 1. The Morgan fingerprint density at radius 1 is 1.40 bits per heavy atom. The lowest BCUT2D eigenvalue weighted by Gasteiger charge is -2.26. The van der Waals surface area contributed by atoms with Gasteiger partial charge < -0.3 is 15.1 Å². The zero-order valence-corrected chi connectivity index (χ0v) is 11.9. The number of nitrogens with zero attached hydrogens (tertiary/aromatic N) is 4. The molecule has 0 spiro atoms. The Kier molecular flexibility index (Phi) is 3.97. The van der Waals surface area contributed by atoms with E-state index in [-0.39, 0.29) is 0 Å². The number of nitrogens with one attached hydrogen (secondary N) is 1.